The normalized spacial score (nSPS) is 45.4. The Morgan fingerprint density at radius 1 is 1.43 bits per heavy atom. The average molecular weight is 293 g/mol. The van der Waals surface area contributed by atoms with E-state index in [1.54, 1.807) is 0 Å². The van der Waals surface area contributed by atoms with Gasteiger partial charge in [-0.2, -0.15) is 0 Å². The highest BCUT2D eigenvalue weighted by Gasteiger charge is 2.62. The lowest BCUT2D eigenvalue weighted by Crippen LogP contribution is -2.34. The first-order valence-corrected chi connectivity index (χ1v) is 8.09. The fourth-order valence-electron chi connectivity index (χ4n) is 3.94. The topological polar surface area (TPSA) is 42.1 Å². The Hall–Kier alpha value is -0.870. The summed E-state index contributed by atoms with van der Waals surface area (Å²) < 4.78 is 11.7. The lowest BCUT2D eigenvalue weighted by molar-refractivity contribution is -0.145. The molecule has 2 unspecified atom stereocenters. The summed E-state index contributed by atoms with van der Waals surface area (Å²) in [7, 11) is 4.04. The van der Waals surface area contributed by atoms with Crippen molar-refractivity contribution in [3.05, 3.63) is 11.6 Å². The van der Waals surface area contributed by atoms with Gasteiger partial charge in [-0.1, -0.05) is 11.6 Å². The maximum atomic E-state index is 12.3. The van der Waals surface area contributed by atoms with Gasteiger partial charge in [-0.3, -0.25) is 4.79 Å². The molecule has 0 bridgehead atoms. The average Bonchev–Trinajstić information content (AvgIpc) is 2.97. The van der Waals surface area contributed by atoms with Crippen LogP contribution in [0.15, 0.2) is 11.6 Å². The summed E-state index contributed by atoms with van der Waals surface area (Å²) in [6.07, 6.45) is 6.56. The first kappa shape index (κ1) is 15.0. The van der Waals surface area contributed by atoms with Gasteiger partial charge in [0.25, 0.3) is 0 Å². The van der Waals surface area contributed by atoms with Crippen molar-refractivity contribution in [2.24, 2.45) is 11.8 Å². The van der Waals surface area contributed by atoms with Crippen molar-refractivity contribution < 1.29 is 14.3 Å². The molecule has 0 aromatic rings. The van der Waals surface area contributed by atoms with Crippen LogP contribution < -0.4 is 0 Å². The molecule has 2 aliphatic heterocycles. The van der Waals surface area contributed by atoms with E-state index < -0.39 is 0 Å². The van der Waals surface area contributed by atoms with Gasteiger partial charge < -0.3 is 14.4 Å². The molecule has 2 saturated heterocycles. The Kier molecular flexibility index (Phi) is 3.87. The monoisotopic (exact) mass is 293 g/mol. The van der Waals surface area contributed by atoms with Crippen LogP contribution in [0.25, 0.3) is 0 Å². The van der Waals surface area contributed by atoms with Crippen molar-refractivity contribution in [2.45, 2.75) is 57.3 Å². The molecule has 0 spiro atoms. The Balaban J connectivity index is 1.83. The second-order valence-corrected chi connectivity index (χ2v) is 7.41. The lowest BCUT2D eigenvalue weighted by atomic mass is 9.80. The SMILES string of the molecule is C/C1=C/CC[C@@]2(C)OC2C2OC(=O)[C@@H](CN(C)C)[C@@H]2CC1. The largest absolute Gasteiger partial charge is 0.459 e. The molecule has 4 nitrogen and oxygen atoms in total. The van der Waals surface area contributed by atoms with Gasteiger partial charge in [-0.15, -0.1) is 0 Å². The van der Waals surface area contributed by atoms with Gasteiger partial charge in [-0.25, -0.2) is 0 Å². The molecule has 0 saturated carbocycles. The number of esters is 1. The molecule has 21 heavy (non-hydrogen) atoms. The minimum atomic E-state index is -0.0929. The number of carbonyl (C=O) groups is 1. The molecule has 0 aromatic carbocycles. The van der Waals surface area contributed by atoms with Crippen LogP contribution in [0.4, 0.5) is 0 Å². The Morgan fingerprint density at radius 2 is 2.19 bits per heavy atom. The van der Waals surface area contributed by atoms with E-state index in [1.165, 1.54) is 5.57 Å². The van der Waals surface area contributed by atoms with Crippen LogP contribution in [-0.4, -0.2) is 49.3 Å². The molecule has 118 valence electrons. The summed E-state index contributed by atoms with van der Waals surface area (Å²) in [6.45, 7) is 5.13. The van der Waals surface area contributed by atoms with Crippen LogP contribution in [0.3, 0.4) is 0 Å². The predicted octanol–water partition coefficient (Wildman–Crippen LogP) is 2.38. The van der Waals surface area contributed by atoms with Crippen molar-refractivity contribution >= 4 is 5.97 Å². The number of hydrogen-bond acceptors (Lipinski definition) is 4. The van der Waals surface area contributed by atoms with E-state index in [2.05, 4.69) is 24.8 Å². The van der Waals surface area contributed by atoms with Crippen molar-refractivity contribution in [1.29, 1.82) is 0 Å². The van der Waals surface area contributed by atoms with Crippen LogP contribution in [0.1, 0.15) is 39.5 Å². The van der Waals surface area contributed by atoms with Crippen LogP contribution >= 0.6 is 0 Å². The summed E-state index contributed by atoms with van der Waals surface area (Å²) in [5.74, 6) is 0.247. The van der Waals surface area contributed by atoms with Crippen molar-refractivity contribution in [3.8, 4) is 0 Å². The number of fused-ring (bicyclic) bond motifs is 3. The lowest BCUT2D eigenvalue weighted by Gasteiger charge is -2.23. The van der Waals surface area contributed by atoms with E-state index in [0.717, 1.165) is 32.2 Å². The molecule has 2 fully saturated rings. The van der Waals surface area contributed by atoms with Gasteiger partial charge in [0, 0.05) is 12.5 Å². The molecule has 3 aliphatic rings. The fraction of sp³-hybridized carbons (Fsp3) is 0.824. The van der Waals surface area contributed by atoms with E-state index >= 15 is 0 Å². The molecule has 0 aromatic heterocycles. The first-order valence-electron chi connectivity index (χ1n) is 8.09. The third kappa shape index (κ3) is 2.88. The number of epoxide rings is 1. The van der Waals surface area contributed by atoms with Gasteiger partial charge in [0.05, 0.1) is 11.5 Å². The zero-order valence-corrected chi connectivity index (χ0v) is 13.6. The fourth-order valence-corrected chi connectivity index (χ4v) is 3.94. The van der Waals surface area contributed by atoms with Gasteiger partial charge >= 0.3 is 5.97 Å². The highest BCUT2D eigenvalue weighted by molar-refractivity contribution is 5.75. The van der Waals surface area contributed by atoms with Gasteiger partial charge in [-0.05, 0) is 53.6 Å². The summed E-state index contributed by atoms with van der Waals surface area (Å²) in [5.41, 5.74) is 1.34. The van der Waals surface area contributed by atoms with Crippen LogP contribution in [0.5, 0.6) is 0 Å². The molecule has 5 atom stereocenters. The number of hydrogen-bond donors (Lipinski definition) is 0. The second-order valence-electron chi connectivity index (χ2n) is 7.41. The Labute approximate surface area is 127 Å². The molecular formula is C17H27NO3. The van der Waals surface area contributed by atoms with E-state index in [0.29, 0.717) is 0 Å². The van der Waals surface area contributed by atoms with Crippen molar-refractivity contribution in [1.82, 2.24) is 4.90 Å². The zero-order valence-electron chi connectivity index (χ0n) is 13.6. The van der Waals surface area contributed by atoms with Crippen LogP contribution in [0, 0.1) is 11.8 Å². The smallest absolute Gasteiger partial charge is 0.311 e. The molecular weight excluding hydrogens is 266 g/mol. The standard InChI is InChI=1S/C17H27NO3/c1-11-6-5-9-17(2)15(21-17)14-12(8-7-11)13(10-18(3)4)16(19)20-14/h6,12-15H,5,7-10H2,1-4H3/b11-6-/t12-,13-,14?,15?,17+/m0/s1. The van der Waals surface area contributed by atoms with Crippen LogP contribution in [-0.2, 0) is 14.3 Å². The van der Waals surface area contributed by atoms with Crippen molar-refractivity contribution in [2.75, 3.05) is 20.6 Å². The molecule has 0 N–H and O–H groups in total. The zero-order chi connectivity index (χ0) is 15.2. The maximum Gasteiger partial charge on any atom is 0.311 e. The summed E-state index contributed by atoms with van der Waals surface area (Å²) in [4.78, 5) is 14.4. The minimum Gasteiger partial charge on any atom is -0.459 e. The van der Waals surface area contributed by atoms with E-state index in [9.17, 15) is 4.79 Å². The quantitative estimate of drug-likeness (QED) is 0.445. The van der Waals surface area contributed by atoms with Crippen LogP contribution in [0.2, 0.25) is 0 Å². The van der Waals surface area contributed by atoms with Gasteiger partial charge in [0.1, 0.15) is 12.2 Å². The molecule has 4 heteroatoms. The minimum absolute atomic E-state index is 0.00863. The number of ether oxygens (including phenoxy) is 2. The Bertz CT molecular complexity index is 459. The van der Waals surface area contributed by atoms with E-state index in [4.69, 9.17) is 9.47 Å². The molecule has 0 radical (unpaired) electrons. The summed E-state index contributed by atoms with van der Waals surface area (Å²) in [5, 5.41) is 0. The van der Waals surface area contributed by atoms with Gasteiger partial charge in [0.15, 0.2) is 0 Å². The van der Waals surface area contributed by atoms with E-state index in [1.807, 2.05) is 14.1 Å². The highest BCUT2D eigenvalue weighted by atomic mass is 16.6. The second kappa shape index (κ2) is 5.40. The van der Waals surface area contributed by atoms with Crippen molar-refractivity contribution in [3.63, 3.8) is 0 Å². The third-order valence-corrected chi connectivity index (χ3v) is 5.30. The maximum absolute atomic E-state index is 12.3. The van der Waals surface area contributed by atoms with E-state index in [-0.39, 0.29) is 35.6 Å². The molecule has 1 aliphatic carbocycles. The van der Waals surface area contributed by atoms with Gasteiger partial charge in [0.2, 0.25) is 0 Å². The Morgan fingerprint density at radius 3 is 2.90 bits per heavy atom. The first-order chi connectivity index (χ1) is 9.90. The number of carbonyl (C=O) groups excluding carboxylic acids is 1. The summed E-state index contributed by atoms with van der Waals surface area (Å²) >= 11 is 0. The predicted molar refractivity (Wildman–Crippen MR) is 80.9 cm³/mol. The third-order valence-electron chi connectivity index (χ3n) is 5.30. The summed E-state index contributed by atoms with van der Waals surface area (Å²) in [6, 6.07) is 0. The number of rotatable bonds is 2. The number of allylic oxidation sites excluding steroid dienone is 2. The molecule has 3 rings (SSSR count). The molecule has 2 heterocycles. The molecule has 0 amide bonds. The highest BCUT2D eigenvalue weighted by Crippen LogP contribution is 2.50. The number of nitrogens with zero attached hydrogens (tertiary/aromatic N) is 1.